The topological polar surface area (TPSA) is 50.1 Å². The molecule has 27 heavy (non-hydrogen) atoms. The normalized spacial score (nSPS) is 15.3. The number of pyridine rings is 1. The number of hydrogen-bond acceptors (Lipinski definition) is 5. The first-order chi connectivity index (χ1) is 13.2. The summed E-state index contributed by atoms with van der Waals surface area (Å²) >= 11 is 0. The molecular weight excluding hydrogens is 340 g/mol. The van der Waals surface area contributed by atoms with Crippen LogP contribution in [-0.2, 0) is 6.54 Å². The van der Waals surface area contributed by atoms with Gasteiger partial charge >= 0.3 is 0 Å². The van der Waals surface area contributed by atoms with E-state index >= 15 is 0 Å². The number of rotatable bonds is 4. The van der Waals surface area contributed by atoms with Crippen LogP contribution in [-0.4, -0.2) is 47.6 Å². The smallest absolute Gasteiger partial charge is 0.258 e. The van der Waals surface area contributed by atoms with Gasteiger partial charge in [0.1, 0.15) is 11.4 Å². The maximum absolute atomic E-state index is 12.5. The lowest BCUT2D eigenvalue weighted by Crippen LogP contribution is -2.46. The van der Waals surface area contributed by atoms with Crippen molar-refractivity contribution < 1.29 is 4.74 Å². The summed E-state index contributed by atoms with van der Waals surface area (Å²) in [4.78, 5) is 21.8. The summed E-state index contributed by atoms with van der Waals surface area (Å²) in [6.45, 7) is 6.31. The molecule has 6 heteroatoms. The highest BCUT2D eigenvalue weighted by Crippen LogP contribution is 2.28. The summed E-state index contributed by atoms with van der Waals surface area (Å²) in [5.41, 5.74) is 3.57. The fourth-order valence-corrected chi connectivity index (χ4v) is 3.71. The molecule has 1 fully saturated rings. The van der Waals surface area contributed by atoms with Gasteiger partial charge < -0.3 is 9.64 Å². The predicted octanol–water partition coefficient (Wildman–Crippen LogP) is 2.33. The van der Waals surface area contributed by atoms with Crippen LogP contribution in [0.25, 0.3) is 5.65 Å². The van der Waals surface area contributed by atoms with Gasteiger partial charge in [-0.15, -0.1) is 0 Å². The van der Waals surface area contributed by atoms with Crippen LogP contribution in [0.3, 0.4) is 0 Å². The minimum atomic E-state index is -0.0132. The van der Waals surface area contributed by atoms with Crippen molar-refractivity contribution in [2.75, 3.05) is 38.2 Å². The van der Waals surface area contributed by atoms with E-state index in [1.807, 2.05) is 43.3 Å². The van der Waals surface area contributed by atoms with E-state index in [1.54, 1.807) is 17.6 Å². The molecule has 0 radical (unpaired) electrons. The number of hydrogen-bond donors (Lipinski definition) is 0. The number of para-hydroxylation sites is 2. The Balaban J connectivity index is 1.47. The van der Waals surface area contributed by atoms with Crippen molar-refractivity contribution in [2.45, 2.75) is 13.5 Å². The third-order valence-corrected chi connectivity index (χ3v) is 5.12. The zero-order valence-corrected chi connectivity index (χ0v) is 15.8. The minimum Gasteiger partial charge on any atom is -0.495 e. The van der Waals surface area contributed by atoms with Gasteiger partial charge in [0, 0.05) is 44.5 Å². The molecule has 0 unspecified atom stereocenters. The van der Waals surface area contributed by atoms with Crippen molar-refractivity contribution in [3.63, 3.8) is 0 Å². The van der Waals surface area contributed by atoms with Gasteiger partial charge in [0.25, 0.3) is 5.56 Å². The van der Waals surface area contributed by atoms with Crippen LogP contribution < -0.4 is 15.2 Å². The number of aromatic nitrogens is 2. The fraction of sp³-hybridized carbons (Fsp3) is 0.333. The number of nitrogens with zero attached hydrogens (tertiary/aromatic N) is 4. The van der Waals surface area contributed by atoms with Crippen molar-refractivity contribution in [3.05, 3.63) is 70.3 Å². The van der Waals surface area contributed by atoms with Crippen molar-refractivity contribution in [1.29, 1.82) is 0 Å². The summed E-state index contributed by atoms with van der Waals surface area (Å²) in [5, 5.41) is 0. The molecule has 1 aliphatic rings. The van der Waals surface area contributed by atoms with Gasteiger partial charge in [0.2, 0.25) is 0 Å². The average molecular weight is 364 g/mol. The fourth-order valence-electron chi connectivity index (χ4n) is 3.71. The molecule has 1 aromatic carbocycles. The lowest BCUT2D eigenvalue weighted by molar-refractivity contribution is 0.246. The van der Waals surface area contributed by atoms with Gasteiger partial charge in [-0.2, -0.15) is 0 Å². The van der Waals surface area contributed by atoms with Gasteiger partial charge in [0.05, 0.1) is 18.5 Å². The SMILES string of the molecule is COc1ccccc1N1CCN(Cc2cc(=O)n3c(C)cccc3n2)CC1. The van der Waals surface area contributed by atoms with Gasteiger partial charge in [0.15, 0.2) is 0 Å². The van der Waals surface area contributed by atoms with Crippen LogP contribution in [0, 0.1) is 6.92 Å². The summed E-state index contributed by atoms with van der Waals surface area (Å²) in [6, 6.07) is 15.5. The second kappa shape index (κ2) is 7.40. The number of anilines is 1. The number of fused-ring (bicyclic) bond motifs is 1. The minimum absolute atomic E-state index is 0.0132. The monoisotopic (exact) mass is 364 g/mol. The van der Waals surface area contributed by atoms with Crippen LogP contribution in [0.5, 0.6) is 5.75 Å². The second-order valence-electron chi connectivity index (χ2n) is 6.88. The van der Waals surface area contributed by atoms with Gasteiger partial charge in [-0.05, 0) is 31.2 Å². The molecule has 2 aromatic heterocycles. The van der Waals surface area contributed by atoms with Crippen LogP contribution in [0.15, 0.2) is 53.3 Å². The van der Waals surface area contributed by atoms with Crippen LogP contribution >= 0.6 is 0 Å². The highest BCUT2D eigenvalue weighted by molar-refractivity contribution is 5.58. The Morgan fingerprint density at radius 3 is 2.59 bits per heavy atom. The molecule has 1 aliphatic heterocycles. The maximum atomic E-state index is 12.5. The predicted molar refractivity (Wildman–Crippen MR) is 107 cm³/mol. The molecular formula is C21H24N4O2. The summed E-state index contributed by atoms with van der Waals surface area (Å²) in [6.07, 6.45) is 0. The van der Waals surface area contributed by atoms with E-state index in [0.29, 0.717) is 12.2 Å². The summed E-state index contributed by atoms with van der Waals surface area (Å²) < 4.78 is 7.14. The average Bonchev–Trinajstić information content (AvgIpc) is 2.68. The molecule has 140 valence electrons. The standard InChI is InChI=1S/C21H24N4O2/c1-16-6-5-9-20-22-17(14-21(26)25(16)20)15-23-10-12-24(13-11-23)18-7-3-4-8-19(18)27-2/h3-9,14H,10-13,15H2,1-2H3. The Kier molecular flexibility index (Phi) is 4.81. The van der Waals surface area contributed by atoms with Gasteiger partial charge in [-0.25, -0.2) is 4.98 Å². The third kappa shape index (κ3) is 3.53. The summed E-state index contributed by atoms with van der Waals surface area (Å²) in [7, 11) is 1.71. The number of ether oxygens (including phenoxy) is 1. The van der Waals surface area contributed by atoms with Crippen LogP contribution in [0.4, 0.5) is 5.69 Å². The van der Waals surface area contributed by atoms with E-state index in [0.717, 1.165) is 49.0 Å². The van der Waals surface area contributed by atoms with Crippen LogP contribution in [0.2, 0.25) is 0 Å². The molecule has 0 aliphatic carbocycles. The molecule has 6 nitrogen and oxygen atoms in total. The van der Waals surface area contributed by atoms with Crippen molar-refractivity contribution in [1.82, 2.24) is 14.3 Å². The zero-order chi connectivity index (χ0) is 18.8. The molecule has 0 saturated carbocycles. The molecule has 3 aromatic rings. The van der Waals surface area contributed by atoms with Crippen molar-refractivity contribution in [2.24, 2.45) is 0 Å². The van der Waals surface area contributed by atoms with E-state index < -0.39 is 0 Å². The van der Waals surface area contributed by atoms with Crippen molar-refractivity contribution in [3.8, 4) is 5.75 Å². The van der Waals surface area contributed by atoms with E-state index in [4.69, 9.17) is 4.74 Å². The molecule has 0 N–H and O–H groups in total. The van der Waals surface area contributed by atoms with Crippen molar-refractivity contribution >= 4 is 11.3 Å². The highest BCUT2D eigenvalue weighted by Gasteiger charge is 2.20. The molecule has 4 rings (SSSR count). The summed E-state index contributed by atoms with van der Waals surface area (Å²) in [5.74, 6) is 0.908. The molecule has 0 amide bonds. The zero-order valence-electron chi connectivity index (χ0n) is 15.8. The van der Waals surface area contributed by atoms with E-state index in [2.05, 4.69) is 20.9 Å². The quantitative estimate of drug-likeness (QED) is 0.711. The maximum Gasteiger partial charge on any atom is 0.258 e. The Bertz CT molecular complexity index is 1010. The lowest BCUT2D eigenvalue weighted by atomic mass is 10.2. The highest BCUT2D eigenvalue weighted by atomic mass is 16.5. The largest absolute Gasteiger partial charge is 0.495 e. The van der Waals surface area contributed by atoms with E-state index in [-0.39, 0.29) is 5.56 Å². The number of aryl methyl sites for hydroxylation is 1. The van der Waals surface area contributed by atoms with E-state index in [9.17, 15) is 4.79 Å². The van der Waals surface area contributed by atoms with Gasteiger partial charge in [-0.1, -0.05) is 18.2 Å². The number of benzene rings is 1. The first kappa shape index (κ1) is 17.5. The molecule has 0 bridgehead atoms. The molecule has 3 heterocycles. The first-order valence-electron chi connectivity index (χ1n) is 9.24. The Hall–Kier alpha value is -2.86. The first-order valence-corrected chi connectivity index (χ1v) is 9.24. The number of methoxy groups -OCH3 is 1. The Morgan fingerprint density at radius 1 is 1.04 bits per heavy atom. The lowest BCUT2D eigenvalue weighted by Gasteiger charge is -2.36. The van der Waals surface area contributed by atoms with Crippen LogP contribution in [0.1, 0.15) is 11.4 Å². The Labute approximate surface area is 158 Å². The Morgan fingerprint density at radius 2 is 1.81 bits per heavy atom. The van der Waals surface area contributed by atoms with Gasteiger partial charge in [-0.3, -0.25) is 14.1 Å². The van der Waals surface area contributed by atoms with E-state index in [1.165, 1.54) is 0 Å². The molecule has 0 spiro atoms. The second-order valence-corrected chi connectivity index (χ2v) is 6.88. The number of piperazine rings is 1. The molecule has 0 atom stereocenters. The molecule has 1 saturated heterocycles. The third-order valence-electron chi connectivity index (χ3n) is 5.12.